The molecule has 1 aromatic rings. The number of amides is 1. The molecule has 9 heteroatoms. The van der Waals surface area contributed by atoms with Gasteiger partial charge in [-0.05, 0) is 84.9 Å². The molecule has 174 valence electrons. The molecule has 1 aliphatic heterocycles. The van der Waals surface area contributed by atoms with Gasteiger partial charge in [-0.15, -0.1) is 4.91 Å². The first kappa shape index (κ1) is 20.1. The summed E-state index contributed by atoms with van der Waals surface area (Å²) in [5.74, 6) is 2.67. The number of sulfone groups is 1. The number of nitrogens with one attached hydrogen (secondary N) is 1. The van der Waals surface area contributed by atoms with E-state index in [0.29, 0.717) is 29.2 Å². The molecule has 33 heavy (non-hydrogen) atoms. The highest BCUT2D eigenvalue weighted by molar-refractivity contribution is 7.91. The van der Waals surface area contributed by atoms with Gasteiger partial charge in [0.1, 0.15) is 5.82 Å². The third kappa shape index (κ3) is 2.77. The Hall–Kier alpha value is -2.29. The number of nitroso groups, excluding NO2 is 1. The second-order valence-corrected chi connectivity index (χ2v) is 13.4. The summed E-state index contributed by atoms with van der Waals surface area (Å²) in [6.07, 6.45) is 9.05. The van der Waals surface area contributed by atoms with E-state index >= 15 is 0 Å². The van der Waals surface area contributed by atoms with Crippen LogP contribution in [0, 0.1) is 16.7 Å². The summed E-state index contributed by atoms with van der Waals surface area (Å²) >= 11 is 0. The quantitative estimate of drug-likeness (QED) is 0.679. The Labute approximate surface area is 193 Å². The minimum Gasteiger partial charge on any atom is -0.361 e. The van der Waals surface area contributed by atoms with Crippen molar-refractivity contribution in [2.45, 2.75) is 62.3 Å². The van der Waals surface area contributed by atoms with Gasteiger partial charge >= 0.3 is 0 Å². The number of allylic oxidation sites excluding steroid dienone is 1. The van der Waals surface area contributed by atoms with Crippen LogP contribution in [0.4, 0.5) is 5.82 Å². The maximum Gasteiger partial charge on any atom is 0.255 e. The molecule has 8 aliphatic rings. The van der Waals surface area contributed by atoms with Gasteiger partial charge in [0.2, 0.25) is 0 Å². The molecule has 9 rings (SSSR count). The predicted molar refractivity (Wildman–Crippen MR) is 123 cm³/mol. The van der Waals surface area contributed by atoms with Crippen LogP contribution in [0.15, 0.2) is 22.6 Å². The molecule has 8 nitrogen and oxygen atoms in total. The molecule has 1 N–H and O–H groups in total. The molecule has 6 bridgehead atoms. The fraction of sp³-hybridized carbons (Fsp3) is 0.667. The van der Waals surface area contributed by atoms with E-state index in [1.807, 2.05) is 0 Å². The van der Waals surface area contributed by atoms with Crippen LogP contribution < -0.4 is 5.32 Å². The number of hydrogen-bond donors (Lipinski definition) is 1. The highest BCUT2D eigenvalue weighted by atomic mass is 32.2. The molecule has 4 saturated carbocycles. The molecule has 5 fully saturated rings. The van der Waals surface area contributed by atoms with Gasteiger partial charge in [0, 0.05) is 24.8 Å². The van der Waals surface area contributed by atoms with Crippen molar-refractivity contribution in [3.63, 3.8) is 0 Å². The predicted octanol–water partition coefficient (Wildman–Crippen LogP) is 3.32. The van der Waals surface area contributed by atoms with Crippen LogP contribution in [0.25, 0.3) is 0 Å². The number of hydrogen-bond acceptors (Lipinski definition) is 7. The van der Waals surface area contributed by atoms with Gasteiger partial charge in [0.25, 0.3) is 5.91 Å². The molecule has 1 saturated heterocycles. The van der Waals surface area contributed by atoms with Crippen LogP contribution in [-0.4, -0.2) is 54.3 Å². The van der Waals surface area contributed by atoms with E-state index in [4.69, 9.17) is 4.98 Å². The van der Waals surface area contributed by atoms with Gasteiger partial charge in [0.05, 0.1) is 28.3 Å². The maximum absolute atomic E-state index is 13.4. The van der Waals surface area contributed by atoms with Crippen LogP contribution in [0.5, 0.6) is 0 Å². The molecular formula is C24H28N4O4S. The third-order valence-corrected chi connectivity index (χ3v) is 10.9. The molecular weight excluding hydrogens is 440 g/mol. The zero-order valence-corrected chi connectivity index (χ0v) is 19.4. The van der Waals surface area contributed by atoms with Crippen LogP contribution in [-0.2, 0) is 9.84 Å². The van der Waals surface area contributed by atoms with Crippen molar-refractivity contribution in [3.05, 3.63) is 39.1 Å². The Morgan fingerprint density at radius 2 is 1.85 bits per heavy atom. The van der Waals surface area contributed by atoms with Crippen molar-refractivity contribution >= 4 is 21.6 Å². The topological polar surface area (TPSA) is 109 Å². The summed E-state index contributed by atoms with van der Waals surface area (Å²) in [7, 11) is -3.04. The lowest BCUT2D eigenvalue weighted by Gasteiger charge is -2.61. The van der Waals surface area contributed by atoms with E-state index < -0.39 is 9.84 Å². The van der Waals surface area contributed by atoms with Crippen molar-refractivity contribution in [1.29, 1.82) is 0 Å². The number of carbonyl (C=O) groups is 1. The second-order valence-electron chi connectivity index (χ2n) is 11.1. The molecule has 0 radical (unpaired) electrons. The van der Waals surface area contributed by atoms with Crippen molar-refractivity contribution < 1.29 is 13.2 Å². The average Bonchev–Trinajstić information content (AvgIpc) is 3.41. The zero-order chi connectivity index (χ0) is 22.5. The van der Waals surface area contributed by atoms with Crippen molar-refractivity contribution in [3.8, 4) is 0 Å². The number of aromatic nitrogens is 1. The molecule has 7 aliphatic carbocycles. The van der Waals surface area contributed by atoms with Gasteiger partial charge in [-0.3, -0.25) is 4.79 Å². The minimum atomic E-state index is -3.04. The normalized spacial score (nSPS) is 37.0. The zero-order valence-electron chi connectivity index (χ0n) is 18.5. The number of carbonyl (C=O) groups excluding carboxylic acids is 1. The van der Waals surface area contributed by atoms with Crippen molar-refractivity contribution in [2.75, 3.05) is 29.9 Å². The summed E-state index contributed by atoms with van der Waals surface area (Å²) < 4.78 is 23.7. The summed E-state index contributed by atoms with van der Waals surface area (Å²) in [5, 5.41) is 7.17. The fourth-order valence-corrected chi connectivity index (χ4v) is 9.26. The minimum absolute atomic E-state index is 0.0348. The number of anilines is 1. The molecule has 0 aromatic carbocycles. The lowest BCUT2D eigenvalue weighted by atomic mass is 9.48. The van der Waals surface area contributed by atoms with E-state index in [1.165, 1.54) is 17.6 Å². The Morgan fingerprint density at radius 3 is 2.58 bits per heavy atom. The number of rotatable bonds is 4. The third-order valence-electron chi connectivity index (χ3n) is 9.30. The van der Waals surface area contributed by atoms with E-state index in [0.717, 1.165) is 55.6 Å². The smallest absolute Gasteiger partial charge is 0.255 e. The van der Waals surface area contributed by atoms with Crippen LogP contribution >= 0.6 is 0 Å². The molecule has 2 heterocycles. The Balaban J connectivity index is 1.25. The van der Waals surface area contributed by atoms with Gasteiger partial charge in [-0.25, -0.2) is 13.4 Å². The van der Waals surface area contributed by atoms with Gasteiger partial charge in [0.15, 0.2) is 9.84 Å². The first-order chi connectivity index (χ1) is 15.9. The highest BCUT2D eigenvalue weighted by Gasteiger charge is 2.60. The first-order valence-corrected chi connectivity index (χ1v) is 14.1. The fourth-order valence-electron chi connectivity index (χ4n) is 8.05. The van der Waals surface area contributed by atoms with E-state index in [9.17, 15) is 18.1 Å². The molecule has 5 atom stereocenters. The van der Waals surface area contributed by atoms with Crippen LogP contribution in [0.3, 0.4) is 0 Å². The van der Waals surface area contributed by atoms with Crippen molar-refractivity contribution in [1.82, 2.24) is 9.88 Å². The average molecular weight is 469 g/mol. The van der Waals surface area contributed by atoms with E-state index in [-0.39, 0.29) is 36.0 Å². The number of nitrogens with zero attached hydrogens (tertiary/aromatic N) is 3. The Morgan fingerprint density at radius 1 is 1.09 bits per heavy atom. The molecule has 1 aromatic heterocycles. The van der Waals surface area contributed by atoms with E-state index in [1.54, 1.807) is 11.1 Å². The molecule has 1 amide bonds. The summed E-state index contributed by atoms with van der Waals surface area (Å²) in [6.45, 7) is 0.511. The lowest BCUT2D eigenvalue weighted by Crippen LogP contribution is -2.61. The first-order valence-electron chi connectivity index (χ1n) is 12.2. The largest absolute Gasteiger partial charge is 0.361 e. The van der Waals surface area contributed by atoms with Gasteiger partial charge < -0.3 is 10.2 Å². The second kappa shape index (κ2) is 6.64. The molecule has 5 unspecified atom stereocenters. The number of fused-ring (bicyclic) bond motifs is 6. The summed E-state index contributed by atoms with van der Waals surface area (Å²) in [6, 6.07) is 0. The Kier molecular flexibility index (Phi) is 4.05. The monoisotopic (exact) mass is 468 g/mol. The summed E-state index contributed by atoms with van der Waals surface area (Å²) in [5.41, 5.74) is 4.77. The van der Waals surface area contributed by atoms with Crippen LogP contribution in [0.2, 0.25) is 0 Å². The standard InChI is InChI=1S/C24H28N4O4S/c29-23(28-3-5-33(31,32)6-4-28)17-12-25-22(20-15-2-1-14(9-15)19(17)20)26-24-10-13-7-16(11-24)21(24)18(8-13)27-30/h12-16H,1-11H2,(H,25,26). The maximum atomic E-state index is 13.4. The number of pyridine rings is 1. The highest BCUT2D eigenvalue weighted by Crippen LogP contribution is 2.64. The SMILES string of the molecule is O=NC1=C2C3CC(C1)CC2(Nc1ncc(C(=O)N2CCS(=O)(=O)CC2)c2c1C1CCC2C1)C3. The van der Waals surface area contributed by atoms with Crippen LogP contribution in [0.1, 0.15) is 78.3 Å². The van der Waals surface area contributed by atoms with E-state index in [2.05, 4.69) is 10.5 Å². The Bertz CT molecular complexity index is 1230. The van der Waals surface area contributed by atoms with Crippen molar-refractivity contribution in [2.24, 2.45) is 17.0 Å². The summed E-state index contributed by atoms with van der Waals surface area (Å²) in [4.78, 5) is 31.4. The van der Waals surface area contributed by atoms with Gasteiger partial charge in [-0.2, -0.15) is 0 Å². The van der Waals surface area contributed by atoms with Gasteiger partial charge in [-0.1, -0.05) is 0 Å². The molecule has 0 spiro atoms. The lowest BCUT2D eigenvalue weighted by molar-refractivity contribution is 0.0768.